The molecule has 0 amide bonds. The molecule has 76 valence electrons. The lowest BCUT2D eigenvalue weighted by molar-refractivity contribution is -0.142. The van der Waals surface area contributed by atoms with Crippen LogP contribution in [0.3, 0.4) is 0 Å². The van der Waals surface area contributed by atoms with Crippen molar-refractivity contribution >= 4 is 5.97 Å². The summed E-state index contributed by atoms with van der Waals surface area (Å²) in [4.78, 5) is 10.1. The Morgan fingerprint density at radius 2 is 2.21 bits per heavy atom. The number of aromatic hydroxyl groups is 1. The minimum absolute atomic E-state index is 0.127. The average Bonchev–Trinajstić information content (AvgIpc) is 2.08. The number of rotatable bonds is 4. The van der Waals surface area contributed by atoms with Crippen LogP contribution < -0.4 is 0 Å². The molecule has 0 bridgehead atoms. The lowest BCUT2D eigenvalue weighted by atomic mass is 10.2. The summed E-state index contributed by atoms with van der Waals surface area (Å²) < 4.78 is 17.7. The number of halogens is 1. The van der Waals surface area contributed by atoms with Gasteiger partial charge in [0.05, 0.1) is 6.61 Å². The quantitative estimate of drug-likeness (QED) is 0.764. The first-order chi connectivity index (χ1) is 6.59. The van der Waals surface area contributed by atoms with Gasteiger partial charge < -0.3 is 14.9 Å². The van der Waals surface area contributed by atoms with Gasteiger partial charge in [-0.25, -0.2) is 9.18 Å². The third-order valence-electron chi connectivity index (χ3n) is 1.52. The Morgan fingerprint density at radius 1 is 1.50 bits per heavy atom. The highest BCUT2D eigenvalue weighted by Gasteiger charge is 2.04. The summed E-state index contributed by atoms with van der Waals surface area (Å²) in [6.45, 7) is -0.598. The number of carboxylic acid groups (broad SMARTS) is 1. The molecule has 0 spiro atoms. The van der Waals surface area contributed by atoms with Gasteiger partial charge in [-0.3, -0.25) is 0 Å². The first-order valence-corrected chi connectivity index (χ1v) is 3.86. The number of carbonyl (C=O) groups is 1. The zero-order valence-electron chi connectivity index (χ0n) is 7.24. The molecule has 0 fully saturated rings. The number of ether oxygens (including phenoxy) is 1. The molecule has 2 N–H and O–H groups in total. The number of hydrogen-bond donors (Lipinski definition) is 2. The summed E-state index contributed by atoms with van der Waals surface area (Å²) in [6, 6.07) is 3.59. The number of phenols is 1. The predicted molar refractivity (Wildman–Crippen MR) is 45.4 cm³/mol. The first kappa shape index (κ1) is 10.5. The number of hydrogen-bond acceptors (Lipinski definition) is 3. The van der Waals surface area contributed by atoms with Gasteiger partial charge in [0.25, 0.3) is 0 Å². The lowest BCUT2D eigenvalue weighted by Crippen LogP contribution is -2.07. The third kappa shape index (κ3) is 3.02. The van der Waals surface area contributed by atoms with Crippen LogP contribution in [0.4, 0.5) is 4.39 Å². The summed E-state index contributed by atoms with van der Waals surface area (Å²) in [5.74, 6) is -1.90. The summed E-state index contributed by atoms with van der Waals surface area (Å²) in [5.41, 5.74) is 0.212. The second kappa shape index (κ2) is 4.57. The Balaban J connectivity index is 2.55. The van der Waals surface area contributed by atoms with E-state index in [9.17, 15) is 9.18 Å². The van der Waals surface area contributed by atoms with E-state index >= 15 is 0 Å². The number of benzene rings is 1. The molecule has 14 heavy (non-hydrogen) atoms. The largest absolute Gasteiger partial charge is 0.508 e. The molecule has 1 aromatic rings. The monoisotopic (exact) mass is 200 g/mol. The zero-order valence-corrected chi connectivity index (χ0v) is 7.24. The van der Waals surface area contributed by atoms with Gasteiger partial charge in [0.2, 0.25) is 0 Å². The van der Waals surface area contributed by atoms with E-state index in [1.807, 2.05) is 0 Å². The Labute approximate surface area is 79.6 Å². The minimum Gasteiger partial charge on any atom is -0.508 e. The third-order valence-corrected chi connectivity index (χ3v) is 1.52. The van der Waals surface area contributed by atoms with Crippen molar-refractivity contribution < 1.29 is 24.1 Å². The molecule has 0 saturated heterocycles. The molecule has 0 atom stereocenters. The second-order valence-electron chi connectivity index (χ2n) is 2.66. The molecule has 0 heterocycles. The van der Waals surface area contributed by atoms with Crippen LogP contribution in [0.5, 0.6) is 5.75 Å². The number of phenolic OH excluding ortho intramolecular Hbond substituents is 1. The topological polar surface area (TPSA) is 66.8 Å². The number of carboxylic acids is 1. The highest BCUT2D eigenvalue weighted by atomic mass is 19.1. The van der Waals surface area contributed by atoms with E-state index in [1.165, 1.54) is 12.1 Å². The Morgan fingerprint density at radius 3 is 2.79 bits per heavy atom. The van der Waals surface area contributed by atoms with Gasteiger partial charge >= 0.3 is 5.97 Å². The maximum absolute atomic E-state index is 13.0. The number of aliphatic carboxylic acids is 1. The maximum Gasteiger partial charge on any atom is 0.329 e. The molecule has 0 unspecified atom stereocenters. The van der Waals surface area contributed by atoms with E-state index in [4.69, 9.17) is 10.2 Å². The van der Waals surface area contributed by atoms with Crippen molar-refractivity contribution in [2.75, 3.05) is 6.61 Å². The molecule has 1 rings (SSSR count). The van der Waals surface area contributed by atoms with Gasteiger partial charge in [0.15, 0.2) is 0 Å². The van der Waals surface area contributed by atoms with E-state index in [-0.39, 0.29) is 17.9 Å². The molecule has 0 aliphatic heterocycles. The lowest BCUT2D eigenvalue weighted by Gasteiger charge is -2.03. The Bertz CT molecular complexity index is 338. The summed E-state index contributed by atoms with van der Waals surface area (Å²) in [6.07, 6.45) is 0. The summed E-state index contributed by atoms with van der Waals surface area (Å²) in [5, 5.41) is 17.1. The van der Waals surface area contributed by atoms with Crippen LogP contribution in [0.2, 0.25) is 0 Å². The minimum atomic E-state index is -1.11. The van der Waals surface area contributed by atoms with Crippen molar-refractivity contribution in [3.63, 3.8) is 0 Å². The van der Waals surface area contributed by atoms with Gasteiger partial charge in [0.1, 0.15) is 18.2 Å². The molecule has 1 aromatic carbocycles. The van der Waals surface area contributed by atoms with E-state index in [0.717, 1.165) is 6.07 Å². The van der Waals surface area contributed by atoms with Crippen LogP contribution in [0.25, 0.3) is 0 Å². The molecular weight excluding hydrogens is 191 g/mol. The smallest absolute Gasteiger partial charge is 0.329 e. The average molecular weight is 200 g/mol. The second-order valence-corrected chi connectivity index (χ2v) is 2.66. The van der Waals surface area contributed by atoms with Gasteiger partial charge in [-0.2, -0.15) is 0 Å². The highest BCUT2D eigenvalue weighted by molar-refractivity contribution is 5.67. The zero-order chi connectivity index (χ0) is 10.6. The molecule has 0 aliphatic carbocycles. The van der Waals surface area contributed by atoms with Crippen LogP contribution in [0.15, 0.2) is 18.2 Å². The van der Waals surface area contributed by atoms with Crippen molar-refractivity contribution in [3.05, 3.63) is 29.6 Å². The summed E-state index contributed by atoms with van der Waals surface area (Å²) in [7, 11) is 0. The van der Waals surface area contributed by atoms with Crippen molar-refractivity contribution in [3.8, 4) is 5.75 Å². The van der Waals surface area contributed by atoms with Gasteiger partial charge in [0, 0.05) is 11.6 Å². The summed E-state index contributed by atoms with van der Waals surface area (Å²) >= 11 is 0. The van der Waals surface area contributed by atoms with Crippen LogP contribution in [0.1, 0.15) is 5.56 Å². The van der Waals surface area contributed by atoms with Crippen LogP contribution in [0, 0.1) is 5.82 Å². The van der Waals surface area contributed by atoms with E-state index in [2.05, 4.69) is 4.74 Å². The van der Waals surface area contributed by atoms with Crippen molar-refractivity contribution in [2.24, 2.45) is 0 Å². The molecular formula is C9H9FO4. The molecule has 5 heteroatoms. The molecule has 0 radical (unpaired) electrons. The van der Waals surface area contributed by atoms with Gasteiger partial charge in [-0.1, -0.05) is 6.07 Å². The predicted octanol–water partition coefficient (Wildman–Crippen LogP) is 1.13. The fourth-order valence-corrected chi connectivity index (χ4v) is 0.902. The molecule has 0 aliphatic rings. The van der Waals surface area contributed by atoms with Crippen LogP contribution >= 0.6 is 0 Å². The normalized spacial score (nSPS) is 10.1. The first-order valence-electron chi connectivity index (χ1n) is 3.86. The van der Waals surface area contributed by atoms with E-state index < -0.39 is 18.4 Å². The maximum atomic E-state index is 13.0. The van der Waals surface area contributed by atoms with Crippen molar-refractivity contribution in [2.45, 2.75) is 6.61 Å². The van der Waals surface area contributed by atoms with Gasteiger partial charge in [-0.05, 0) is 6.07 Å². The Hall–Kier alpha value is -1.62. The van der Waals surface area contributed by atoms with E-state index in [0.29, 0.717) is 0 Å². The Kier molecular flexibility index (Phi) is 3.41. The van der Waals surface area contributed by atoms with Crippen molar-refractivity contribution in [1.82, 2.24) is 0 Å². The highest BCUT2D eigenvalue weighted by Crippen LogP contribution is 2.15. The molecule has 0 saturated carbocycles. The van der Waals surface area contributed by atoms with Crippen LogP contribution in [-0.4, -0.2) is 22.8 Å². The van der Waals surface area contributed by atoms with Gasteiger partial charge in [-0.15, -0.1) is 0 Å². The standard InChI is InChI=1S/C9H9FO4/c10-8-3-7(11)2-1-6(8)4-14-5-9(12)13/h1-3,11H,4-5H2,(H,12,13). The fraction of sp³-hybridized carbons (Fsp3) is 0.222. The van der Waals surface area contributed by atoms with E-state index in [1.54, 1.807) is 0 Å². The molecule has 4 nitrogen and oxygen atoms in total. The van der Waals surface area contributed by atoms with Crippen LogP contribution in [-0.2, 0) is 16.1 Å². The fourth-order valence-electron chi connectivity index (χ4n) is 0.902. The SMILES string of the molecule is O=C(O)COCc1ccc(O)cc1F. The van der Waals surface area contributed by atoms with Crippen molar-refractivity contribution in [1.29, 1.82) is 0 Å². The molecule has 0 aromatic heterocycles.